The van der Waals surface area contributed by atoms with E-state index >= 15 is 0 Å². The number of nitrogens with zero attached hydrogens (tertiary/aromatic N) is 2. The number of anilines is 2. The molecule has 3 aromatic carbocycles. The number of halogens is 4. The summed E-state index contributed by atoms with van der Waals surface area (Å²) >= 11 is 6.17. The minimum Gasteiger partial charge on any atom is -0.348 e. The van der Waals surface area contributed by atoms with Crippen molar-refractivity contribution < 1.29 is 31.2 Å². The molecule has 0 unspecified atom stereocenters. The Hall–Kier alpha value is -4.42. The number of para-hydroxylation sites is 1. The number of hydrogen-bond acceptors (Lipinski definition) is 5. The molecule has 212 valence electrons. The van der Waals surface area contributed by atoms with Gasteiger partial charge in [0, 0.05) is 18.9 Å². The normalized spacial score (nSPS) is 11.5. The van der Waals surface area contributed by atoms with E-state index in [0.29, 0.717) is 16.4 Å². The molecule has 41 heavy (non-hydrogen) atoms. The highest BCUT2D eigenvalue weighted by Gasteiger charge is 2.34. The second-order valence-electron chi connectivity index (χ2n) is 8.63. The summed E-state index contributed by atoms with van der Waals surface area (Å²) in [6.07, 6.45) is -1.63. The van der Waals surface area contributed by atoms with Crippen LogP contribution in [0.25, 0.3) is 0 Å². The van der Waals surface area contributed by atoms with Gasteiger partial charge in [-0.1, -0.05) is 48.0 Å². The molecule has 0 saturated heterocycles. The van der Waals surface area contributed by atoms with Crippen molar-refractivity contribution in [3.05, 3.63) is 119 Å². The van der Waals surface area contributed by atoms with Crippen LogP contribution in [0.3, 0.4) is 0 Å². The number of alkyl halides is 3. The molecule has 4 aromatic rings. The molecule has 1 heterocycles. The average molecular weight is 603 g/mol. The number of sulfonamides is 1. The zero-order chi connectivity index (χ0) is 29.6. The first-order chi connectivity index (χ1) is 19.5. The second kappa shape index (κ2) is 12.4. The molecule has 13 heteroatoms. The van der Waals surface area contributed by atoms with Crippen molar-refractivity contribution in [3.63, 3.8) is 0 Å². The van der Waals surface area contributed by atoms with Crippen LogP contribution in [0.2, 0.25) is 5.02 Å². The van der Waals surface area contributed by atoms with Crippen molar-refractivity contribution in [2.24, 2.45) is 0 Å². The highest BCUT2D eigenvalue weighted by atomic mass is 35.5. The van der Waals surface area contributed by atoms with Crippen LogP contribution in [0.5, 0.6) is 0 Å². The average Bonchev–Trinajstić information content (AvgIpc) is 2.95. The standard InChI is InChI=1S/C28H22ClF3N4O4S/c29-23-13-12-20(28(30,31)32)15-25(23)36(41(39,40)21-8-2-1-3-9-21)18-26(37)35-24-11-5-4-10-22(24)27(38)34-17-19-7-6-14-33-16-19/h1-16H,17-18H2,(H,34,38)(H,35,37). The fourth-order valence-electron chi connectivity index (χ4n) is 3.79. The van der Waals surface area contributed by atoms with Gasteiger partial charge in [0.1, 0.15) is 6.54 Å². The molecule has 0 saturated carbocycles. The van der Waals surface area contributed by atoms with Crippen molar-refractivity contribution in [1.29, 1.82) is 0 Å². The summed E-state index contributed by atoms with van der Waals surface area (Å²) in [5, 5.41) is 4.88. The molecule has 2 amide bonds. The monoisotopic (exact) mass is 602 g/mol. The first-order valence-corrected chi connectivity index (χ1v) is 13.8. The van der Waals surface area contributed by atoms with Crippen molar-refractivity contribution in [2.75, 3.05) is 16.2 Å². The topological polar surface area (TPSA) is 108 Å². The molecule has 2 N–H and O–H groups in total. The van der Waals surface area contributed by atoms with Gasteiger partial charge in [-0.25, -0.2) is 8.42 Å². The number of carbonyl (C=O) groups excluding carboxylic acids is 2. The number of benzene rings is 3. The Morgan fingerprint density at radius 3 is 2.32 bits per heavy atom. The maximum absolute atomic E-state index is 13.6. The lowest BCUT2D eigenvalue weighted by molar-refractivity contribution is -0.137. The molecule has 0 spiro atoms. The molecule has 0 bridgehead atoms. The van der Waals surface area contributed by atoms with Gasteiger partial charge in [0.2, 0.25) is 5.91 Å². The zero-order valence-corrected chi connectivity index (χ0v) is 22.7. The summed E-state index contributed by atoms with van der Waals surface area (Å²) in [5.74, 6) is -1.45. The Morgan fingerprint density at radius 1 is 0.927 bits per heavy atom. The van der Waals surface area contributed by atoms with Crippen LogP contribution in [-0.2, 0) is 27.5 Å². The number of pyridine rings is 1. The number of rotatable bonds is 9. The largest absolute Gasteiger partial charge is 0.416 e. The predicted molar refractivity (Wildman–Crippen MR) is 148 cm³/mol. The Balaban J connectivity index is 1.64. The lowest BCUT2D eigenvalue weighted by atomic mass is 10.1. The van der Waals surface area contributed by atoms with Crippen molar-refractivity contribution in [3.8, 4) is 0 Å². The molecule has 8 nitrogen and oxygen atoms in total. The van der Waals surface area contributed by atoms with Crippen LogP contribution in [0.15, 0.2) is 102 Å². The summed E-state index contributed by atoms with van der Waals surface area (Å²) in [4.78, 5) is 29.8. The molecule has 4 rings (SSSR count). The van der Waals surface area contributed by atoms with Gasteiger partial charge in [0.25, 0.3) is 15.9 Å². The third kappa shape index (κ3) is 7.21. The van der Waals surface area contributed by atoms with E-state index in [0.717, 1.165) is 11.6 Å². The first-order valence-electron chi connectivity index (χ1n) is 12.0. The van der Waals surface area contributed by atoms with E-state index in [4.69, 9.17) is 11.6 Å². The minimum absolute atomic E-state index is 0.0633. The van der Waals surface area contributed by atoms with E-state index in [-0.39, 0.29) is 27.7 Å². The SMILES string of the molecule is O=C(CN(c1cc(C(F)(F)F)ccc1Cl)S(=O)(=O)c1ccccc1)Nc1ccccc1C(=O)NCc1cccnc1. The predicted octanol–water partition coefficient (Wildman–Crippen LogP) is 5.52. The molecule has 0 fully saturated rings. The molecule has 1 aromatic heterocycles. The maximum Gasteiger partial charge on any atom is 0.416 e. The maximum atomic E-state index is 13.6. The number of nitrogens with one attached hydrogen (secondary N) is 2. The van der Waals surface area contributed by atoms with Crippen LogP contribution in [0.1, 0.15) is 21.5 Å². The summed E-state index contributed by atoms with van der Waals surface area (Å²) in [5.41, 5.74) is -0.806. The summed E-state index contributed by atoms with van der Waals surface area (Å²) in [7, 11) is -4.56. The Kier molecular flexibility index (Phi) is 8.94. The number of carbonyl (C=O) groups is 2. The Morgan fingerprint density at radius 2 is 1.63 bits per heavy atom. The fraction of sp³-hybridized carbons (Fsp3) is 0.107. The van der Waals surface area contributed by atoms with Crippen molar-refractivity contribution in [1.82, 2.24) is 10.3 Å². The van der Waals surface area contributed by atoms with E-state index < -0.39 is 45.8 Å². The fourth-order valence-corrected chi connectivity index (χ4v) is 5.51. The van der Waals surface area contributed by atoms with Crippen LogP contribution >= 0.6 is 11.6 Å². The van der Waals surface area contributed by atoms with Gasteiger partial charge in [-0.05, 0) is 54.1 Å². The molecular formula is C28H22ClF3N4O4S. The number of hydrogen-bond donors (Lipinski definition) is 2. The quantitative estimate of drug-likeness (QED) is 0.262. The van der Waals surface area contributed by atoms with Gasteiger partial charge >= 0.3 is 6.18 Å². The van der Waals surface area contributed by atoms with Crippen molar-refractivity contribution >= 4 is 44.8 Å². The second-order valence-corrected chi connectivity index (χ2v) is 10.9. The molecule has 0 aliphatic heterocycles. The van der Waals surface area contributed by atoms with Crippen LogP contribution < -0.4 is 14.9 Å². The van der Waals surface area contributed by atoms with E-state index in [1.165, 1.54) is 36.4 Å². The van der Waals surface area contributed by atoms with Gasteiger partial charge in [0.05, 0.1) is 32.4 Å². The minimum atomic E-state index is -4.80. The highest BCUT2D eigenvalue weighted by Crippen LogP contribution is 2.37. The van der Waals surface area contributed by atoms with E-state index in [2.05, 4.69) is 15.6 Å². The van der Waals surface area contributed by atoms with Crippen LogP contribution in [0, 0.1) is 0 Å². The molecular weight excluding hydrogens is 581 g/mol. The summed E-state index contributed by atoms with van der Waals surface area (Å²) < 4.78 is 68.1. The van der Waals surface area contributed by atoms with Crippen LogP contribution in [-0.4, -0.2) is 31.8 Å². The van der Waals surface area contributed by atoms with Crippen LogP contribution in [0.4, 0.5) is 24.5 Å². The zero-order valence-electron chi connectivity index (χ0n) is 21.1. The van der Waals surface area contributed by atoms with Gasteiger partial charge in [0.15, 0.2) is 0 Å². The third-order valence-corrected chi connectivity index (χ3v) is 7.88. The first kappa shape index (κ1) is 29.6. The summed E-state index contributed by atoms with van der Waals surface area (Å²) in [6.45, 7) is -0.782. The molecule has 0 aliphatic rings. The molecule has 0 atom stereocenters. The lowest BCUT2D eigenvalue weighted by Gasteiger charge is -2.26. The van der Waals surface area contributed by atoms with Gasteiger partial charge in [-0.2, -0.15) is 13.2 Å². The van der Waals surface area contributed by atoms with Gasteiger partial charge < -0.3 is 10.6 Å². The van der Waals surface area contributed by atoms with E-state index in [1.54, 1.807) is 42.7 Å². The highest BCUT2D eigenvalue weighted by molar-refractivity contribution is 7.92. The Bertz CT molecular complexity index is 1650. The van der Waals surface area contributed by atoms with Crippen molar-refractivity contribution in [2.45, 2.75) is 17.6 Å². The molecule has 0 radical (unpaired) electrons. The Labute approximate surface area is 238 Å². The third-order valence-electron chi connectivity index (χ3n) is 5.78. The van der Waals surface area contributed by atoms with E-state index in [1.807, 2.05) is 0 Å². The summed E-state index contributed by atoms with van der Waals surface area (Å²) in [6, 6.07) is 18.6. The molecule has 0 aliphatic carbocycles. The van der Waals surface area contributed by atoms with E-state index in [9.17, 15) is 31.2 Å². The van der Waals surface area contributed by atoms with Gasteiger partial charge in [-0.15, -0.1) is 0 Å². The van der Waals surface area contributed by atoms with Gasteiger partial charge in [-0.3, -0.25) is 18.9 Å². The number of amides is 2. The number of aromatic nitrogens is 1. The lowest BCUT2D eigenvalue weighted by Crippen LogP contribution is -2.38. The smallest absolute Gasteiger partial charge is 0.348 e.